The molecule has 0 saturated heterocycles. The van der Waals surface area contributed by atoms with E-state index in [-0.39, 0.29) is 23.7 Å². The van der Waals surface area contributed by atoms with E-state index < -0.39 is 0 Å². The Bertz CT molecular complexity index is 1000. The number of hydrogen-bond acceptors (Lipinski definition) is 5. The van der Waals surface area contributed by atoms with Crippen molar-refractivity contribution in [2.75, 3.05) is 24.7 Å². The molecule has 6 heteroatoms. The van der Waals surface area contributed by atoms with Crippen LogP contribution in [-0.4, -0.2) is 37.5 Å². The average molecular weight is 465 g/mol. The van der Waals surface area contributed by atoms with Crippen LogP contribution in [-0.2, 0) is 27.1 Å². The minimum absolute atomic E-state index is 0.0311. The molecule has 0 saturated carbocycles. The average Bonchev–Trinajstić information content (AvgIpc) is 2.84. The Morgan fingerprint density at radius 1 is 0.971 bits per heavy atom. The zero-order chi connectivity index (χ0) is 24.5. The number of rotatable bonds is 10. The Balaban J connectivity index is 1.79. The van der Waals surface area contributed by atoms with Crippen LogP contribution >= 0.6 is 0 Å². The molecule has 1 unspecified atom stereocenters. The lowest BCUT2D eigenvalue weighted by Gasteiger charge is -2.26. The molecule has 1 N–H and O–H groups in total. The SMILES string of the molecule is CCCCN(C(=O)c1ccc2c(c1)CC(CC(=O)OCC)CC2)c1ccc(C(=N)OCC)cc1. The Kier molecular flexibility index (Phi) is 9.25. The van der Waals surface area contributed by atoms with Gasteiger partial charge < -0.3 is 14.4 Å². The van der Waals surface area contributed by atoms with E-state index in [1.165, 1.54) is 5.56 Å². The number of ether oxygens (including phenoxy) is 2. The van der Waals surface area contributed by atoms with Gasteiger partial charge in [0.2, 0.25) is 5.90 Å². The summed E-state index contributed by atoms with van der Waals surface area (Å²) in [5.74, 6) is 0.208. The van der Waals surface area contributed by atoms with Gasteiger partial charge in [-0.1, -0.05) is 19.4 Å². The minimum Gasteiger partial charge on any atom is -0.478 e. The summed E-state index contributed by atoms with van der Waals surface area (Å²) in [6.07, 6.45) is 4.98. The third kappa shape index (κ3) is 6.46. The monoisotopic (exact) mass is 464 g/mol. The number of amides is 1. The molecule has 0 spiro atoms. The highest BCUT2D eigenvalue weighted by Gasteiger charge is 2.24. The zero-order valence-electron chi connectivity index (χ0n) is 20.6. The van der Waals surface area contributed by atoms with Crippen molar-refractivity contribution in [3.63, 3.8) is 0 Å². The number of aryl methyl sites for hydroxylation is 1. The topological polar surface area (TPSA) is 79.7 Å². The molecule has 2 aromatic carbocycles. The van der Waals surface area contributed by atoms with Crippen LogP contribution in [0.1, 0.15) is 73.5 Å². The molecule has 6 nitrogen and oxygen atoms in total. The highest BCUT2D eigenvalue weighted by atomic mass is 16.5. The van der Waals surface area contributed by atoms with Gasteiger partial charge >= 0.3 is 5.97 Å². The van der Waals surface area contributed by atoms with Crippen molar-refractivity contribution in [3.05, 3.63) is 64.7 Å². The third-order valence-electron chi connectivity index (χ3n) is 6.25. The van der Waals surface area contributed by atoms with E-state index in [1.54, 1.807) is 0 Å². The normalized spacial score (nSPS) is 14.7. The van der Waals surface area contributed by atoms with Crippen LogP contribution in [0.2, 0.25) is 0 Å². The summed E-state index contributed by atoms with van der Waals surface area (Å²) in [6.45, 7) is 7.26. The Hall–Kier alpha value is -3.15. The summed E-state index contributed by atoms with van der Waals surface area (Å²) >= 11 is 0. The predicted octanol–water partition coefficient (Wildman–Crippen LogP) is 5.55. The van der Waals surface area contributed by atoms with Gasteiger partial charge in [-0.3, -0.25) is 15.0 Å². The molecule has 3 rings (SSSR count). The number of carbonyl (C=O) groups is 2. The Morgan fingerprint density at radius 3 is 2.35 bits per heavy atom. The number of nitrogens with one attached hydrogen (secondary N) is 1. The van der Waals surface area contributed by atoms with Crippen LogP contribution in [0, 0.1) is 11.3 Å². The molecule has 0 aliphatic heterocycles. The van der Waals surface area contributed by atoms with Gasteiger partial charge in [0.15, 0.2) is 0 Å². The van der Waals surface area contributed by atoms with E-state index in [0.717, 1.165) is 43.4 Å². The lowest BCUT2D eigenvalue weighted by molar-refractivity contribution is -0.144. The lowest BCUT2D eigenvalue weighted by Crippen LogP contribution is -2.32. The van der Waals surface area contributed by atoms with Gasteiger partial charge in [0.1, 0.15) is 0 Å². The van der Waals surface area contributed by atoms with Gasteiger partial charge in [-0.15, -0.1) is 0 Å². The smallest absolute Gasteiger partial charge is 0.306 e. The van der Waals surface area contributed by atoms with Crippen molar-refractivity contribution >= 4 is 23.5 Å². The maximum atomic E-state index is 13.6. The summed E-state index contributed by atoms with van der Waals surface area (Å²) in [5.41, 5.74) is 4.58. The second-order valence-corrected chi connectivity index (χ2v) is 8.72. The van der Waals surface area contributed by atoms with Gasteiger partial charge in [0.25, 0.3) is 5.91 Å². The summed E-state index contributed by atoms with van der Waals surface area (Å²) in [7, 11) is 0. The molecular weight excluding hydrogens is 428 g/mol. The van der Waals surface area contributed by atoms with Crippen molar-refractivity contribution in [3.8, 4) is 0 Å². The maximum Gasteiger partial charge on any atom is 0.306 e. The molecule has 0 heterocycles. The van der Waals surface area contributed by atoms with E-state index in [0.29, 0.717) is 37.3 Å². The van der Waals surface area contributed by atoms with Crippen LogP contribution in [0.5, 0.6) is 0 Å². The van der Waals surface area contributed by atoms with Crippen LogP contribution in [0.4, 0.5) is 5.69 Å². The summed E-state index contributed by atoms with van der Waals surface area (Å²) in [6, 6.07) is 13.4. The second kappa shape index (κ2) is 12.4. The largest absolute Gasteiger partial charge is 0.478 e. The van der Waals surface area contributed by atoms with E-state index in [1.807, 2.05) is 55.1 Å². The van der Waals surface area contributed by atoms with E-state index >= 15 is 0 Å². The Morgan fingerprint density at radius 2 is 1.68 bits per heavy atom. The number of anilines is 1. The molecule has 1 amide bonds. The zero-order valence-corrected chi connectivity index (χ0v) is 20.6. The molecule has 0 aromatic heterocycles. The lowest BCUT2D eigenvalue weighted by atomic mass is 9.81. The van der Waals surface area contributed by atoms with E-state index in [2.05, 4.69) is 13.0 Å². The Labute approximate surface area is 202 Å². The molecule has 1 atom stereocenters. The predicted molar refractivity (Wildman–Crippen MR) is 135 cm³/mol. The number of esters is 1. The first-order chi connectivity index (χ1) is 16.5. The van der Waals surface area contributed by atoms with Gasteiger partial charge in [-0.25, -0.2) is 0 Å². The number of nitrogens with zero attached hydrogens (tertiary/aromatic N) is 1. The van der Waals surface area contributed by atoms with Crippen molar-refractivity contribution in [2.45, 2.75) is 59.3 Å². The highest BCUT2D eigenvalue weighted by molar-refractivity contribution is 6.06. The number of fused-ring (bicyclic) bond motifs is 1. The number of carbonyl (C=O) groups excluding carboxylic acids is 2. The van der Waals surface area contributed by atoms with Gasteiger partial charge in [0.05, 0.1) is 13.2 Å². The molecule has 1 aliphatic rings. The fraction of sp³-hybridized carbons (Fsp3) is 0.464. The van der Waals surface area contributed by atoms with E-state index in [9.17, 15) is 9.59 Å². The van der Waals surface area contributed by atoms with Crippen molar-refractivity contribution in [2.24, 2.45) is 5.92 Å². The second-order valence-electron chi connectivity index (χ2n) is 8.72. The first kappa shape index (κ1) is 25.5. The molecule has 0 radical (unpaired) electrons. The van der Waals surface area contributed by atoms with Crippen molar-refractivity contribution < 1.29 is 19.1 Å². The number of hydrogen-bond donors (Lipinski definition) is 1. The van der Waals surface area contributed by atoms with Crippen LogP contribution in [0.25, 0.3) is 0 Å². The maximum absolute atomic E-state index is 13.6. The fourth-order valence-corrected chi connectivity index (χ4v) is 4.44. The summed E-state index contributed by atoms with van der Waals surface area (Å²) in [4.78, 5) is 27.3. The first-order valence-electron chi connectivity index (χ1n) is 12.4. The van der Waals surface area contributed by atoms with Gasteiger partial charge in [-0.05, 0) is 93.0 Å². The van der Waals surface area contributed by atoms with Crippen LogP contribution in [0.3, 0.4) is 0 Å². The van der Waals surface area contributed by atoms with Crippen molar-refractivity contribution in [1.82, 2.24) is 0 Å². The molecule has 2 aromatic rings. The number of unbranched alkanes of at least 4 members (excludes halogenated alkanes) is 1. The molecule has 182 valence electrons. The van der Waals surface area contributed by atoms with Crippen LogP contribution in [0.15, 0.2) is 42.5 Å². The third-order valence-corrected chi connectivity index (χ3v) is 6.25. The quantitative estimate of drug-likeness (QED) is 0.284. The summed E-state index contributed by atoms with van der Waals surface area (Å²) < 4.78 is 10.4. The molecule has 0 bridgehead atoms. The fourth-order valence-electron chi connectivity index (χ4n) is 4.44. The summed E-state index contributed by atoms with van der Waals surface area (Å²) in [5, 5.41) is 7.98. The first-order valence-corrected chi connectivity index (χ1v) is 12.4. The number of benzene rings is 2. The molecule has 0 fully saturated rings. The standard InChI is InChI=1S/C28H36N2O4/c1-4-7-16-30(25-14-12-22(13-15-25)27(29)34-6-3)28(32)23-11-10-21-9-8-20(17-24(21)19-23)18-26(31)33-5-2/h10-15,19-20,29H,4-9,16-18H2,1-3H3. The molecule has 1 aliphatic carbocycles. The highest BCUT2D eigenvalue weighted by Crippen LogP contribution is 2.29. The molecule has 34 heavy (non-hydrogen) atoms. The van der Waals surface area contributed by atoms with Crippen LogP contribution < -0.4 is 4.90 Å². The molecular formula is C28H36N2O4. The minimum atomic E-state index is -0.144. The van der Waals surface area contributed by atoms with Crippen molar-refractivity contribution in [1.29, 1.82) is 5.41 Å². The van der Waals surface area contributed by atoms with E-state index in [4.69, 9.17) is 14.9 Å². The van der Waals surface area contributed by atoms with Gasteiger partial charge in [0, 0.05) is 29.8 Å². The van der Waals surface area contributed by atoms with Gasteiger partial charge in [-0.2, -0.15) is 0 Å².